The Labute approximate surface area is 134 Å². The van der Waals surface area contributed by atoms with E-state index in [2.05, 4.69) is 45.0 Å². The van der Waals surface area contributed by atoms with Crippen LogP contribution in [0, 0.1) is 5.92 Å². The Kier molecular flexibility index (Phi) is 5.44. The van der Waals surface area contributed by atoms with Crippen molar-refractivity contribution in [2.75, 3.05) is 7.11 Å². The molecule has 0 N–H and O–H groups in total. The molecule has 0 saturated heterocycles. The summed E-state index contributed by atoms with van der Waals surface area (Å²) in [7, 11) is 1.44. The molecule has 0 spiro atoms. The van der Waals surface area contributed by atoms with E-state index < -0.39 is 0 Å². The predicted molar refractivity (Wildman–Crippen MR) is 91.7 cm³/mol. The number of carbonyl (C=O) groups is 1. The lowest BCUT2D eigenvalue weighted by atomic mass is 9.79. The smallest absolute Gasteiger partial charge is 0.330 e. The Bertz CT molecular complexity index is 526. The van der Waals surface area contributed by atoms with Crippen LogP contribution in [0.1, 0.15) is 64.0 Å². The molecule has 22 heavy (non-hydrogen) atoms. The van der Waals surface area contributed by atoms with E-state index in [9.17, 15) is 4.79 Å². The molecule has 1 fully saturated rings. The van der Waals surface area contributed by atoms with Crippen molar-refractivity contribution in [1.29, 1.82) is 0 Å². The fourth-order valence-electron chi connectivity index (χ4n) is 3.20. The molecule has 0 aromatic heterocycles. The van der Waals surface area contributed by atoms with Gasteiger partial charge in [0.2, 0.25) is 0 Å². The van der Waals surface area contributed by atoms with Crippen LogP contribution in [0.3, 0.4) is 0 Å². The highest BCUT2D eigenvalue weighted by atomic mass is 16.5. The molecule has 2 heteroatoms. The molecule has 0 aliphatic heterocycles. The summed E-state index contributed by atoms with van der Waals surface area (Å²) >= 11 is 0. The molecule has 2 nitrogen and oxygen atoms in total. The highest BCUT2D eigenvalue weighted by molar-refractivity contribution is 5.91. The van der Waals surface area contributed by atoms with E-state index in [4.69, 9.17) is 4.74 Å². The molecule has 0 heterocycles. The minimum Gasteiger partial charge on any atom is -0.466 e. The topological polar surface area (TPSA) is 26.3 Å². The molecule has 2 rings (SSSR count). The lowest BCUT2D eigenvalue weighted by Crippen LogP contribution is -2.12. The summed E-state index contributed by atoms with van der Waals surface area (Å²) in [5.74, 6) is 0.230. The molecule has 1 aromatic rings. The number of allylic oxidation sites excluding steroid dienone is 1. The quantitative estimate of drug-likeness (QED) is 0.572. The van der Waals surface area contributed by atoms with Crippen molar-refractivity contribution in [3.8, 4) is 0 Å². The Balaban J connectivity index is 2.32. The van der Waals surface area contributed by atoms with E-state index in [1.165, 1.54) is 44.8 Å². The number of benzene rings is 1. The fourth-order valence-corrected chi connectivity index (χ4v) is 3.20. The van der Waals surface area contributed by atoms with Gasteiger partial charge in [0.15, 0.2) is 0 Å². The van der Waals surface area contributed by atoms with Crippen LogP contribution >= 0.6 is 0 Å². The number of hydrogen-bond acceptors (Lipinski definition) is 2. The maximum atomic E-state index is 11.8. The first kappa shape index (κ1) is 16.8. The zero-order valence-corrected chi connectivity index (χ0v) is 14.3. The molecule has 1 aliphatic carbocycles. The van der Waals surface area contributed by atoms with Crippen molar-refractivity contribution in [1.82, 2.24) is 0 Å². The van der Waals surface area contributed by atoms with Gasteiger partial charge in [-0.2, -0.15) is 0 Å². The average Bonchev–Trinajstić information content (AvgIpc) is 2.52. The molecule has 0 radical (unpaired) electrons. The number of carbonyl (C=O) groups excluding carboxylic acids is 1. The summed E-state index contributed by atoms with van der Waals surface area (Å²) in [6.45, 7) is 6.65. The van der Waals surface area contributed by atoms with Gasteiger partial charge < -0.3 is 4.74 Å². The minimum absolute atomic E-state index is 0.148. The molecule has 0 atom stereocenters. The second-order valence-corrected chi connectivity index (χ2v) is 7.29. The zero-order valence-electron chi connectivity index (χ0n) is 14.3. The highest BCUT2D eigenvalue weighted by Gasteiger charge is 2.21. The van der Waals surface area contributed by atoms with E-state index in [1.807, 2.05) is 0 Å². The van der Waals surface area contributed by atoms with Gasteiger partial charge in [-0.25, -0.2) is 4.79 Å². The summed E-state index contributed by atoms with van der Waals surface area (Å²) in [4.78, 5) is 11.8. The lowest BCUT2D eigenvalue weighted by Gasteiger charge is -2.25. The van der Waals surface area contributed by atoms with E-state index in [-0.39, 0.29) is 11.4 Å². The van der Waals surface area contributed by atoms with Crippen LogP contribution in [0.25, 0.3) is 5.57 Å². The number of ether oxygens (including phenoxy) is 1. The number of hydrogen-bond donors (Lipinski definition) is 0. The average molecular weight is 300 g/mol. The van der Waals surface area contributed by atoms with Crippen LogP contribution < -0.4 is 0 Å². The standard InChI is InChI=1S/C20H28O2/c1-20(2,3)17-12-10-16(11-13-17)18(14-19(21)22-4)15-8-6-5-7-9-15/h10-15H,5-9H2,1-4H3. The first-order valence-electron chi connectivity index (χ1n) is 8.32. The molecule has 120 valence electrons. The second-order valence-electron chi connectivity index (χ2n) is 7.29. The van der Waals surface area contributed by atoms with E-state index in [0.717, 1.165) is 11.1 Å². The van der Waals surface area contributed by atoms with Crippen molar-refractivity contribution in [2.45, 2.75) is 58.3 Å². The molecular weight excluding hydrogens is 272 g/mol. The van der Waals surface area contributed by atoms with Gasteiger partial charge in [-0.3, -0.25) is 0 Å². The van der Waals surface area contributed by atoms with Crippen LogP contribution in [0.2, 0.25) is 0 Å². The number of rotatable bonds is 3. The van der Waals surface area contributed by atoms with Gasteiger partial charge in [-0.05, 0) is 40.9 Å². The Hall–Kier alpha value is -1.57. The van der Waals surface area contributed by atoms with E-state index in [0.29, 0.717) is 5.92 Å². The Morgan fingerprint density at radius 2 is 1.68 bits per heavy atom. The van der Waals surface area contributed by atoms with E-state index in [1.54, 1.807) is 6.08 Å². The van der Waals surface area contributed by atoms with Crippen LogP contribution in [0.15, 0.2) is 30.3 Å². The monoisotopic (exact) mass is 300 g/mol. The van der Waals surface area contributed by atoms with Gasteiger partial charge in [0.05, 0.1) is 7.11 Å². The van der Waals surface area contributed by atoms with Crippen LogP contribution in [0.4, 0.5) is 0 Å². The molecule has 0 unspecified atom stereocenters. The van der Waals surface area contributed by atoms with Crippen molar-refractivity contribution in [2.24, 2.45) is 5.92 Å². The summed E-state index contributed by atoms with van der Waals surface area (Å²) < 4.78 is 4.86. The third kappa shape index (κ3) is 4.22. The molecule has 1 aromatic carbocycles. The van der Waals surface area contributed by atoms with Crippen LogP contribution in [0.5, 0.6) is 0 Å². The van der Waals surface area contributed by atoms with Gasteiger partial charge in [-0.1, -0.05) is 64.3 Å². The lowest BCUT2D eigenvalue weighted by molar-refractivity contribution is -0.134. The summed E-state index contributed by atoms with van der Waals surface area (Å²) in [5, 5.41) is 0. The molecule has 0 amide bonds. The summed E-state index contributed by atoms with van der Waals surface area (Å²) in [5.41, 5.74) is 3.77. The van der Waals surface area contributed by atoms with Gasteiger partial charge in [0, 0.05) is 6.08 Å². The van der Waals surface area contributed by atoms with Crippen molar-refractivity contribution < 1.29 is 9.53 Å². The second kappa shape index (κ2) is 7.13. The van der Waals surface area contributed by atoms with Crippen molar-refractivity contribution in [3.05, 3.63) is 41.5 Å². The molecular formula is C20H28O2. The largest absolute Gasteiger partial charge is 0.466 e. The summed E-state index contributed by atoms with van der Waals surface area (Å²) in [6, 6.07) is 8.68. The maximum absolute atomic E-state index is 11.8. The van der Waals surface area contributed by atoms with Gasteiger partial charge in [-0.15, -0.1) is 0 Å². The third-order valence-corrected chi connectivity index (χ3v) is 4.60. The van der Waals surface area contributed by atoms with E-state index >= 15 is 0 Å². The first-order chi connectivity index (χ1) is 10.4. The molecule has 1 aliphatic rings. The predicted octanol–water partition coefficient (Wildman–Crippen LogP) is 5.12. The van der Waals surface area contributed by atoms with Crippen LogP contribution in [-0.4, -0.2) is 13.1 Å². The normalized spacial score (nSPS) is 17.4. The highest BCUT2D eigenvalue weighted by Crippen LogP contribution is 2.36. The maximum Gasteiger partial charge on any atom is 0.330 e. The van der Waals surface area contributed by atoms with Gasteiger partial charge in [0.1, 0.15) is 0 Å². The summed E-state index contributed by atoms with van der Waals surface area (Å²) in [6.07, 6.45) is 7.85. The molecule has 1 saturated carbocycles. The Morgan fingerprint density at radius 1 is 1.09 bits per heavy atom. The number of esters is 1. The Morgan fingerprint density at radius 3 is 2.18 bits per heavy atom. The minimum atomic E-state index is -0.250. The fraction of sp³-hybridized carbons (Fsp3) is 0.550. The van der Waals surface area contributed by atoms with Crippen molar-refractivity contribution in [3.63, 3.8) is 0 Å². The SMILES string of the molecule is COC(=O)C=C(c1ccc(C(C)(C)C)cc1)C1CCCCC1. The van der Waals surface area contributed by atoms with Gasteiger partial charge >= 0.3 is 5.97 Å². The molecule has 0 bridgehead atoms. The van der Waals surface area contributed by atoms with Crippen molar-refractivity contribution >= 4 is 11.5 Å². The zero-order chi connectivity index (χ0) is 16.2. The third-order valence-electron chi connectivity index (χ3n) is 4.60. The van der Waals surface area contributed by atoms with Gasteiger partial charge in [0.25, 0.3) is 0 Å². The number of methoxy groups -OCH3 is 1. The van der Waals surface area contributed by atoms with Crippen LogP contribution in [-0.2, 0) is 14.9 Å². The first-order valence-corrected chi connectivity index (χ1v) is 8.32.